The topological polar surface area (TPSA) is 139 Å². The second kappa shape index (κ2) is 10.9. The summed E-state index contributed by atoms with van der Waals surface area (Å²) in [4.78, 5) is 37.1. The lowest BCUT2D eigenvalue weighted by atomic mass is 10.2. The van der Waals surface area contributed by atoms with Crippen LogP contribution in [0.5, 0.6) is 5.75 Å². The zero-order valence-electron chi connectivity index (χ0n) is 20.8. The van der Waals surface area contributed by atoms with E-state index in [0.717, 1.165) is 16.8 Å². The monoisotopic (exact) mass is 538 g/mol. The van der Waals surface area contributed by atoms with Crippen LogP contribution >= 0.6 is 0 Å². The number of benzene rings is 3. The lowest BCUT2D eigenvalue weighted by Gasteiger charge is -2.24. The first-order valence-corrected chi connectivity index (χ1v) is 13.2. The van der Waals surface area contributed by atoms with Crippen LogP contribution in [0, 0.1) is 17.0 Å². The summed E-state index contributed by atoms with van der Waals surface area (Å²) in [6.07, 6.45) is 1.29. The number of nitro groups is 1. The Bertz CT molecular complexity index is 1470. The van der Waals surface area contributed by atoms with E-state index in [1.54, 1.807) is 41.3 Å². The van der Waals surface area contributed by atoms with Crippen LogP contribution in [0.3, 0.4) is 0 Å². The van der Waals surface area contributed by atoms with Gasteiger partial charge in [0.25, 0.3) is 15.7 Å². The number of carbonyl (C=O) groups excluding carboxylic acids is 2. The fraction of sp³-hybridized carbons (Fsp3) is 0.231. The lowest BCUT2D eigenvalue weighted by molar-refractivity contribution is -0.385. The number of nitro benzene ring substituents is 1. The molecule has 0 bridgehead atoms. The Morgan fingerprint density at radius 2 is 1.79 bits per heavy atom. The lowest BCUT2D eigenvalue weighted by Crippen LogP contribution is -2.38. The molecule has 198 valence electrons. The van der Waals surface area contributed by atoms with Crippen LogP contribution < -0.4 is 19.3 Å². The smallest absolute Gasteiger partial charge is 0.273 e. The third-order valence-corrected chi connectivity index (χ3v) is 7.92. The van der Waals surface area contributed by atoms with E-state index in [1.165, 1.54) is 38.3 Å². The maximum absolute atomic E-state index is 13.6. The molecular weight excluding hydrogens is 512 g/mol. The molecule has 3 aromatic carbocycles. The number of carbonyl (C=O) groups is 2. The number of ether oxygens (including phenoxy) is 1. The van der Waals surface area contributed by atoms with E-state index in [1.807, 2.05) is 0 Å². The molecule has 1 saturated heterocycles. The van der Waals surface area contributed by atoms with Crippen LogP contribution in [0.15, 0.2) is 71.6 Å². The Morgan fingerprint density at radius 3 is 2.37 bits per heavy atom. The highest BCUT2D eigenvalue weighted by molar-refractivity contribution is 7.92. The number of anilines is 3. The fourth-order valence-electron chi connectivity index (χ4n) is 4.11. The molecule has 1 fully saturated rings. The summed E-state index contributed by atoms with van der Waals surface area (Å²) in [6, 6.07) is 16.3. The molecule has 0 aliphatic carbocycles. The molecule has 0 saturated carbocycles. The van der Waals surface area contributed by atoms with E-state index in [2.05, 4.69) is 5.32 Å². The summed E-state index contributed by atoms with van der Waals surface area (Å²) in [5, 5.41) is 14.1. The number of hydrogen-bond acceptors (Lipinski definition) is 7. The van der Waals surface area contributed by atoms with Gasteiger partial charge in [-0.3, -0.25) is 24.0 Å². The van der Waals surface area contributed by atoms with Gasteiger partial charge in [0, 0.05) is 36.0 Å². The standard InChI is InChI=1S/C26H26N4O7S/c1-18-5-14-23(16-24(18)30(33)34)38(35,36)29(21-10-12-22(37-2)13-11-21)17-25(31)27-19-6-8-20(9-7-19)28-15-3-4-26(28)32/h5-14,16H,3-4,15,17H2,1-2H3,(H,27,31). The predicted octanol–water partition coefficient (Wildman–Crippen LogP) is 3.87. The highest BCUT2D eigenvalue weighted by Gasteiger charge is 2.29. The third kappa shape index (κ3) is 5.59. The molecule has 1 aliphatic rings. The van der Waals surface area contributed by atoms with Gasteiger partial charge in [0.1, 0.15) is 12.3 Å². The molecule has 0 aromatic heterocycles. The molecule has 0 atom stereocenters. The minimum atomic E-state index is -4.37. The number of methoxy groups -OCH3 is 1. The van der Waals surface area contributed by atoms with Crippen molar-refractivity contribution in [2.75, 3.05) is 34.7 Å². The van der Waals surface area contributed by atoms with Crippen LogP contribution in [0.25, 0.3) is 0 Å². The largest absolute Gasteiger partial charge is 0.497 e. The van der Waals surface area contributed by atoms with Crippen LogP contribution in [-0.4, -0.2) is 45.4 Å². The SMILES string of the molecule is COc1ccc(N(CC(=O)Nc2ccc(N3CCCC3=O)cc2)S(=O)(=O)c2ccc(C)c([N+](=O)[O-])c2)cc1. The van der Waals surface area contributed by atoms with Crippen molar-refractivity contribution < 1.29 is 27.7 Å². The van der Waals surface area contributed by atoms with Gasteiger partial charge in [0.2, 0.25) is 11.8 Å². The number of nitrogens with one attached hydrogen (secondary N) is 1. The number of rotatable bonds is 9. The molecular formula is C26H26N4O7S. The number of amides is 2. The number of sulfonamides is 1. The maximum Gasteiger partial charge on any atom is 0.273 e. The first kappa shape index (κ1) is 26.6. The Balaban J connectivity index is 1.61. The maximum atomic E-state index is 13.6. The quantitative estimate of drug-likeness (QED) is 0.322. The van der Waals surface area contributed by atoms with Crippen LogP contribution in [0.4, 0.5) is 22.7 Å². The van der Waals surface area contributed by atoms with E-state index >= 15 is 0 Å². The average molecular weight is 539 g/mol. The van der Waals surface area contributed by atoms with E-state index in [0.29, 0.717) is 35.7 Å². The van der Waals surface area contributed by atoms with Gasteiger partial charge < -0.3 is 15.0 Å². The minimum Gasteiger partial charge on any atom is -0.497 e. The summed E-state index contributed by atoms with van der Waals surface area (Å²) in [6.45, 7) is 1.55. The summed E-state index contributed by atoms with van der Waals surface area (Å²) >= 11 is 0. The van der Waals surface area contributed by atoms with E-state index in [9.17, 15) is 28.1 Å². The van der Waals surface area contributed by atoms with Gasteiger partial charge in [0.05, 0.1) is 22.6 Å². The first-order valence-electron chi connectivity index (χ1n) is 11.7. The highest BCUT2D eigenvalue weighted by atomic mass is 32.2. The molecule has 0 radical (unpaired) electrons. The van der Waals surface area contributed by atoms with Gasteiger partial charge in [0.15, 0.2) is 0 Å². The zero-order chi connectivity index (χ0) is 27.4. The Kier molecular flexibility index (Phi) is 7.62. The fourth-order valence-corrected chi connectivity index (χ4v) is 5.56. The van der Waals surface area contributed by atoms with Crippen LogP contribution in [-0.2, 0) is 19.6 Å². The van der Waals surface area contributed by atoms with Crippen molar-refractivity contribution in [1.82, 2.24) is 0 Å². The molecule has 0 unspecified atom stereocenters. The van der Waals surface area contributed by atoms with Gasteiger partial charge in [-0.1, -0.05) is 6.07 Å². The van der Waals surface area contributed by atoms with Crippen molar-refractivity contribution in [1.29, 1.82) is 0 Å². The number of hydrogen-bond donors (Lipinski definition) is 1. The molecule has 1 heterocycles. The van der Waals surface area contributed by atoms with Crippen molar-refractivity contribution in [2.24, 2.45) is 0 Å². The van der Waals surface area contributed by atoms with Gasteiger partial charge in [-0.2, -0.15) is 0 Å². The van der Waals surface area contributed by atoms with E-state index in [-0.39, 0.29) is 22.2 Å². The van der Waals surface area contributed by atoms with Gasteiger partial charge in [-0.25, -0.2) is 8.42 Å². The van der Waals surface area contributed by atoms with Crippen molar-refractivity contribution in [3.63, 3.8) is 0 Å². The molecule has 12 heteroatoms. The molecule has 38 heavy (non-hydrogen) atoms. The Hall–Kier alpha value is -4.45. The average Bonchev–Trinajstić information content (AvgIpc) is 3.33. The van der Waals surface area contributed by atoms with Crippen LogP contribution in [0.1, 0.15) is 18.4 Å². The number of nitrogens with zero attached hydrogens (tertiary/aromatic N) is 3. The molecule has 1 aliphatic heterocycles. The summed E-state index contributed by atoms with van der Waals surface area (Å²) < 4.78 is 33.3. The molecule has 3 aromatic rings. The van der Waals surface area contributed by atoms with Crippen molar-refractivity contribution >= 4 is 44.6 Å². The molecule has 2 amide bonds. The van der Waals surface area contributed by atoms with Crippen LogP contribution in [0.2, 0.25) is 0 Å². The van der Waals surface area contributed by atoms with Gasteiger partial charge in [-0.05, 0) is 67.9 Å². The second-order valence-electron chi connectivity index (χ2n) is 8.66. The Labute approximate surface area is 219 Å². The van der Waals surface area contributed by atoms with Gasteiger partial charge in [-0.15, -0.1) is 0 Å². The zero-order valence-corrected chi connectivity index (χ0v) is 21.6. The minimum absolute atomic E-state index is 0.0402. The van der Waals surface area contributed by atoms with Crippen molar-refractivity contribution in [2.45, 2.75) is 24.7 Å². The molecule has 11 nitrogen and oxygen atoms in total. The van der Waals surface area contributed by atoms with Crippen molar-refractivity contribution in [3.05, 3.63) is 82.4 Å². The Morgan fingerprint density at radius 1 is 1.11 bits per heavy atom. The normalized spacial score (nSPS) is 13.3. The molecule has 0 spiro atoms. The predicted molar refractivity (Wildman–Crippen MR) is 142 cm³/mol. The number of aryl methyl sites for hydroxylation is 1. The third-order valence-electron chi connectivity index (χ3n) is 6.15. The van der Waals surface area contributed by atoms with Crippen molar-refractivity contribution in [3.8, 4) is 5.75 Å². The summed E-state index contributed by atoms with van der Waals surface area (Å²) in [7, 11) is -2.91. The van der Waals surface area contributed by atoms with E-state index in [4.69, 9.17) is 4.74 Å². The highest BCUT2D eigenvalue weighted by Crippen LogP contribution is 2.29. The second-order valence-corrected chi connectivity index (χ2v) is 10.5. The van der Waals surface area contributed by atoms with Gasteiger partial charge >= 0.3 is 0 Å². The molecule has 1 N–H and O–H groups in total. The summed E-state index contributed by atoms with van der Waals surface area (Å²) in [5.74, 6) is -0.104. The summed E-state index contributed by atoms with van der Waals surface area (Å²) in [5.41, 5.74) is 1.27. The first-order chi connectivity index (χ1) is 18.1. The van der Waals surface area contributed by atoms with E-state index < -0.39 is 27.4 Å². The molecule has 4 rings (SSSR count).